The number of aromatic nitrogens is 3. The highest BCUT2D eigenvalue weighted by Crippen LogP contribution is 2.27. The topological polar surface area (TPSA) is 60.0 Å². The molecule has 0 saturated heterocycles. The second-order valence-corrected chi connectivity index (χ2v) is 5.56. The largest absolute Gasteiger partial charge is 0.476 e. The summed E-state index contributed by atoms with van der Waals surface area (Å²) in [6.45, 7) is 5.32. The third-order valence-electron chi connectivity index (χ3n) is 3.91. The minimum atomic E-state index is -1.21. The van der Waals surface area contributed by atoms with Gasteiger partial charge in [0.1, 0.15) is 17.3 Å². The maximum Gasteiger partial charge on any atom is 0.356 e. The summed E-state index contributed by atoms with van der Waals surface area (Å²) in [7, 11) is 0. The first-order valence-corrected chi connectivity index (χ1v) is 7.25. The summed E-state index contributed by atoms with van der Waals surface area (Å²) in [6, 6.07) is 6.82. The minimum Gasteiger partial charge on any atom is -0.476 e. The van der Waals surface area contributed by atoms with Crippen molar-refractivity contribution >= 4 is 5.97 Å². The fraction of sp³-hybridized carbons (Fsp3) is 0.176. The van der Waals surface area contributed by atoms with E-state index in [1.54, 1.807) is 11.5 Å². The monoisotopic (exact) mass is 331 g/mol. The van der Waals surface area contributed by atoms with Crippen molar-refractivity contribution < 1.29 is 18.7 Å². The highest BCUT2D eigenvalue weighted by molar-refractivity contribution is 5.88. The lowest BCUT2D eigenvalue weighted by molar-refractivity contribution is 0.0689. The molecule has 0 aliphatic heterocycles. The predicted octanol–water partition coefficient (Wildman–Crippen LogP) is 3.56. The van der Waals surface area contributed by atoms with E-state index in [1.165, 1.54) is 10.7 Å². The molecule has 1 N–H and O–H groups in total. The molecule has 0 fully saturated rings. The second-order valence-electron chi connectivity index (χ2n) is 5.56. The summed E-state index contributed by atoms with van der Waals surface area (Å²) in [6.07, 6.45) is 0. The highest BCUT2D eigenvalue weighted by atomic mass is 19.1. The lowest BCUT2D eigenvalue weighted by Gasteiger charge is -2.14. The quantitative estimate of drug-likeness (QED) is 0.798. The molecule has 3 rings (SSSR count). The Kier molecular flexibility index (Phi) is 3.71. The van der Waals surface area contributed by atoms with E-state index in [4.69, 9.17) is 0 Å². The average Bonchev–Trinajstić information content (AvgIpc) is 2.99. The molecule has 0 radical (unpaired) electrons. The lowest BCUT2D eigenvalue weighted by atomic mass is 10.2. The zero-order valence-corrected chi connectivity index (χ0v) is 13.3. The maximum atomic E-state index is 14.2. The Hall–Kier alpha value is -2.96. The molecule has 0 unspecified atom stereocenters. The second kappa shape index (κ2) is 5.59. The fourth-order valence-electron chi connectivity index (χ4n) is 2.78. The molecule has 0 aliphatic rings. The molecule has 0 aliphatic carbocycles. The molecule has 3 aromatic rings. The number of carbonyl (C=O) groups is 1. The van der Waals surface area contributed by atoms with Gasteiger partial charge in [0.15, 0.2) is 11.5 Å². The summed E-state index contributed by atoms with van der Waals surface area (Å²) < 4.78 is 30.4. The third-order valence-corrected chi connectivity index (χ3v) is 3.91. The number of aryl methyl sites for hydroxylation is 2. The molecule has 2 aromatic heterocycles. The van der Waals surface area contributed by atoms with Gasteiger partial charge in [-0.3, -0.25) is 0 Å². The molecule has 0 saturated carbocycles. The lowest BCUT2D eigenvalue weighted by Crippen LogP contribution is -2.10. The van der Waals surface area contributed by atoms with Crippen LogP contribution in [0.3, 0.4) is 0 Å². The van der Waals surface area contributed by atoms with E-state index in [0.29, 0.717) is 11.4 Å². The van der Waals surface area contributed by atoms with Crippen LogP contribution in [0.4, 0.5) is 8.78 Å². The van der Waals surface area contributed by atoms with E-state index >= 15 is 0 Å². The number of benzene rings is 1. The Labute approximate surface area is 136 Å². The first-order chi connectivity index (χ1) is 11.3. The zero-order valence-electron chi connectivity index (χ0n) is 13.3. The first-order valence-electron chi connectivity index (χ1n) is 7.25. The van der Waals surface area contributed by atoms with Crippen LogP contribution >= 0.6 is 0 Å². The Balaban J connectivity index is 2.38. The van der Waals surface area contributed by atoms with Crippen LogP contribution in [0.15, 0.2) is 30.3 Å². The number of carboxylic acid groups (broad SMARTS) is 1. The summed E-state index contributed by atoms with van der Waals surface area (Å²) in [5.74, 6) is -2.33. The molecule has 0 atom stereocenters. The van der Waals surface area contributed by atoms with Crippen LogP contribution in [-0.4, -0.2) is 25.4 Å². The summed E-state index contributed by atoms with van der Waals surface area (Å²) in [5.41, 5.74) is 1.89. The van der Waals surface area contributed by atoms with E-state index in [0.717, 1.165) is 23.5 Å². The smallest absolute Gasteiger partial charge is 0.356 e. The maximum absolute atomic E-state index is 14.2. The standard InChI is InChI=1S/C17H15F2N3O2/c1-9-4-5-10(2)21(9)16-11(3)15(17(23)24)20-22(16)14-7-6-12(18)8-13(14)19/h4-8H,1-3H3,(H,23,24). The van der Waals surface area contributed by atoms with Gasteiger partial charge in [-0.1, -0.05) is 0 Å². The SMILES string of the molecule is Cc1c(C(=O)O)nn(-c2ccc(F)cc2F)c1-n1c(C)ccc1C. The van der Waals surface area contributed by atoms with Crippen LogP contribution in [0.2, 0.25) is 0 Å². The zero-order chi connectivity index (χ0) is 17.6. The Morgan fingerprint density at radius 3 is 2.25 bits per heavy atom. The van der Waals surface area contributed by atoms with Crippen molar-refractivity contribution in [1.29, 1.82) is 0 Å². The van der Waals surface area contributed by atoms with Crippen LogP contribution < -0.4 is 0 Å². The van der Waals surface area contributed by atoms with Gasteiger partial charge in [-0.25, -0.2) is 18.3 Å². The van der Waals surface area contributed by atoms with Crippen molar-refractivity contribution in [2.24, 2.45) is 0 Å². The molecule has 1 aromatic carbocycles. The summed E-state index contributed by atoms with van der Waals surface area (Å²) in [4.78, 5) is 11.5. The molecule has 7 heteroatoms. The number of halogens is 2. The van der Waals surface area contributed by atoms with Crippen molar-refractivity contribution in [2.45, 2.75) is 20.8 Å². The van der Waals surface area contributed by atoms with Crippen LogP contribution in [0.5, 0.6) is 0 Å². The molecule has 0 spiro atoms. The van der Waals surface area contributed by atoms with Gasteiger partial charge in [-0.15, -0.1) is 0 Å². The van der Waals surface area contributed by atoms with Gasteiger partial charge in [-0.05, 0) is 45.0 Å². The van der Waals surface area contributed by atoms with Crippen LogP contribution in [0, 0.1) is 32.4 Å². The Bertz CT molecular complexity index is 938. The molecule has 5 nitrogen and oxygen atoms in total. The van der Waals surface area contributed by atoms with Crippen molar-refractivity contribution in [1.82, 2.24) is 14.3 Å². The van der Waals surface area contributed by atoms with Crippen molar-refractivity contribution in [3.8, 4) is 11.5 Å². The number of nitrogens with zero attached hydrogens (tertiary/aromatic N) is 3. The molecular weight excluding hydrogens is 316 g/mol. The average molecular weight is 331 g/mol. The fourth-order valence-corrected chi connectivity index (χ4v) is 2.78. The number of carboxylic acids is 1. The van der Waals surface area contributed by atoms with Gasteiger partial charge in [-0.2, -0.15) is 5.10 Å². The summed E-state index contributed by atoms with van der Waals surface area (Å²) in [5, 5.41) is 13.4. The van der Waals surface area contributed by atoms with Crippen molar-refractivity contribution in [3.05, 3.63) is 64.6 Å². The van der Waals surface area contributed by atoms with Crippen molar-refractivity contribution in [3.63, 3.8) is 0 Å². The third kappa shape index (κ3) is 2.38. The molecule has 2 heterocycles. The van der Waals surface area contributed by atoms with E-state index in [9.17, 15) is 18.7 Å². The first kappa shape index (κ1) is 15.9. The predicted molar refractivity (Wildman–Crippen MR) is 84.0 cm³/mol. The van der Waals surface area contributed by atoms with Gasteiger partial charge in [0.05, 0.1) is 0 Å². The van der Waals surface area contributed by atoms with Gasteiger partial charge in [0.2, 0.25) is 0 Å². The van der Waals surface area contributed by atoms with Crippen LogP contribution in [0.1, 0.15) is 27.4 Å². The minimum absolute atomic E-state index is 0.0190. The van der Waals surface area contributed by atoms with E-state index in [2.05, 4.69) is 5.10 Å². The Morgan fingerprint density at radius 1 is 1.08 bits per heavy atom. The normalized spacial score (nSPS) is 11.0. The molecule has 0 bridgehead atoms. The van der Waals surface area contributed by atoms with Crippen LogP contribution in [0.25, 0.3) is 11.5 Å². The highest BCUT2D eigenvalue weighted by Gasteiger charge is 2.24. The molecule has 0 amide bonds. The Morgan fingerprint density at radius 2 is 1.71 bits per heavy atom. The van der Waals surface area contributed by atoms with Crippen molar-refractivity contribution in [2.75, 3.05) is 0 Å². The number of aromatic carboxylic acids is 1. The van der Waals surface area contributed by atoms with Gasteiger partial charge >= 0.3 is 5.97 Å². The van der Waals surface area contributed by atoms with Gasteiger partial charge in [0, 0.05) is 23.0 Å². The molecule has 124 valence electrons. The van der Waals surface area contributed by atoms with E-state index in [-0.39, 0.29) is 11.4 Å². The number of hydrogen-bond acceptors (Lipinski definition) is 2. The molecular formula is C17H15F2N3O2. The van der Waals surface area contributed by atoms with Crippen LogP contribution in [-0.2, 0) is 0 Å². The van der Waals surface area contributed by atoms with Gasteiger partial charge in [0.25, 0.3) is 0 Å². The number of rotatable bonds is 3. The van der Waals surface area contributed by atoms with E-state index < -0.39 is 17.6 Å². The number of hydrogen-bond donors (Lipinski definition) is 1. The van der Waals surface area contributed by atoms with Gasteiger partial charge < -0.3 is 9.67 Å². The molecule has 24 heavy (non-hydrogen) atoms. The summed E-state index contributed by atoms with van der Waals surface area (Å²) >= 11 is 0. The van der Waals surface area contributed by atoms with E-state index in [1.807, 2.05) is 26.0 Å².